The fourth-order valence-corrected chi connectivity index (χ4v) is 5.15. The monoisotopic (exact) mass is 376 g/mol. The molecule has 0 aliphatic carbocycles. The van der Waals surface area contributed by atoms with Gasteiger partial charge < -0.3 is 9.32 Å². The summed E-state index contributed by atoms with van der Waals surface area (Å²) in [5.41, 5.74) is 2.66. The normalized spacial score (nSPS) is 24.2. The first-order chi connectivity index (χ1) is 12.2. The molecule has 1 aromatic carbocycles. The van der Waals surface area contributed by atoms with Gasteiger partial charge in [0.25, 0.3) is 5.91 Å². The van der Waals surface area contributed by atoms with E-state index in [2.05, 4.69) is 0 Å². The van der Waals surface area contributed by atoms with Crippen molar-refractivity contribution < 1.29 is 17.6 Å². The van der Waals surface area contributed by atoms with Gasteiger partial charge >= 0.3 is 0 Å². The second kappa shape index (κ2) is 6.09. The highest BCUT2D eigenvalue weighted by Crippen LogP contribution is 2.33. The molecule has 3 fully saturated rings. The molecular formula is C19H24N2O4S. The van der Waals surface area contributed by atoms with Gasteiger partial charge in [-0.2, -0.15) is 4.31 Å². The van der Waals surface area contributed by atoms with Gasteiger partial charge in [-0.15, -0.1) is 0 Å². The maximum atomic E-state index is 13.2. The summed E-state index contributed by atoms with van der Waals surface area (Å²) < 4.78 is 31.5. The molecule has 1 aromatic heterocycles. The Balaban J connectivity index is 1.68. The molecule has 3 aliphatic heterocycles. The molecule has 2 atom stereocenters. The van der Waals surface area contributed by atoms with Crippen molar-refractivity contribution >= 4 is 26.9 Å². The van der Waals surface area contributed by atoms with E-state index in [-0.39, 0.29) is 17.9 Å². The van der Waals surface area contributed by atoms with Crippen LogP contribution < -0.4 is 0 Å². The minimum Gasteiger partial charge on any atom is -0.451 e. The van der Waals surface area contributed by atoms with Gasteiger partial charge in [-0.1, -0.05) is 12.1 Å². The smallest absolute Gasteiger partial charge is 0.290 e. The highest BCUT2D eigenvalue weighted by molar-refractivity contribution is 7.88. The molecule has 6 nitrogen and oxygen atoms in total. The van der Waals surface area contributed by atoms with Gasteiger partial charge in [0.2, 0.25) is 10.0 Å². The number of amides is 1. The predicted molar refractivity (Wildman–Crippen MR) is 99.7 cm³/mol. The number of sulfonamides is 1. The van der Waals surface area contributed by atoms with Gasteiger partial charge in [0.1, 0.15) is 5.58 Å². The third kappa shape index (κ3) is 2.93. The summed E-state index contributed by atoms with van der Waals surface area (Å²) >= 11 is 0. The lowest BCUT2D eigenvalue weighted by atomic mass is 9.94. The largest absolute Gasteiger partial charge is 0.451 e. The van der Waals surface area contributed by atoms with Crippen LogP contribution in [-0.2, 0) is 10.0 Å². The fourth-order valence-electron chi connectivity index (χ4n) is 4.23. The van der Waals surface area contributed by atoms with E-state index in [1.54, 1.807) is 0 Å². The zero-order chi connectivity index (χ0) is 18.6. The third-order valence-electron chi connectivity index (χ3n) is 5.70. The van der Waals surface area contributed by atoms with Crippen molar-refractivity contribution in [3.8, 4) is 0 Å². The Hall–Kier alpha value is -1.86. The predicted octanol–water partition coefficient (Wildman–Crippen LogP) is 2.55. The van der Waals surface area contributed by atoms with E-state index in [9.17, 15) is 13.2 Å². The zero-order valence-corrected chi connectivity index (χ0v) is 16.2. The Morgan fingerprint density at radius 2 is 1.92 bits per heavy atom. The van der Waals surface area contributed by atoms with E-state index >= 15 is 0 Å². The molecule has 5 rings (SSSR count). The molecule has 3 aliphatic rings. The maximum Gasteiger partial charge on any atom is 0.290 e. The Morgan fingerprint density at radius 1 is 1.15 bits per heavy atom. The highest BCUT2D eigenvalue weighted by atomic mass is 32.2. The summed E-state index contributed by atoms with van der Waals surface area (Å²) in [7, 11) is -3.25. The topological polar surface area (TPSA) is 70.8 Å². The molecule has 4 heterocycles. The van der Waals surface area contributed by atoms with Crippen LogP contribution in [0.4, 0.5) is 0 Å². The molecule has 0 unspecified atom stereocenters. The lowest BCUT2D eigenvalue weighted by Crippen LogP contribution is -2.47. The molecule has 3 saturated heterocycles. The van der Waals surface area contributed by atoms with Crippen LogP contribution in [0.5, 0.6) is 0 Å². The molecular weight excluding hydrogens is 352 g/mol. The number of rotatable bonds is 2. The lowest BCUT2D eigenvalue weighted by molar-refractivity contribution is 0.0558. The Bertz CT molecular complexity index is 979. The Labute approximate surface area is 153 Å². The summed E-state index contributed by atoms with van der Waals surface area (Å²) in [5, 5.41) is 0.955. The van der Waals surface area contributed by atoms with E-state index in [4.69, 9.17) is 4.42 Å². The van der Waals surface area contributed by atoms with Gasteiger partial charge in [0, 0.05) is 36.6 Å². The summed E-state index contributed by atoms with van der Waals surface area (Å²) in [6.07, 6.45) is 3.04. The number of piperidine rings is 1. The lowest BCUT2D eigenvalue weighted by Gasteiger charge is -2.35. The first kappa shape index (κ1) is 17.5. The van der Waals surface area contributed by atoms with E-state index < -0.39 is 10.0 Å². The number of carbonyl (C=O) groups excluding carboxylic acids is 1. The van der Waals surface area contributed by atoms with E-state index in [0.29, 0.717) is 25.4 Å². The minimum absolute atomic E-state index is 0.0923. The second-order valence-corrected chi connectivity index (χ2v) is 9.67. The zero-order valence-electron chi connectivity index (χ0n) is 15.4. The molecule has 26 heavy (non-hydrogen) atoms. The number of hydrogen-bond donors (Lipinski definition) is 0. The maximum absolute atomic E-state index is 13.2. The molecule has 0 saturated carbocycles. The first-order valence-electron chi connectivity index (χ1n) is 9.00. The molecule has 7 heteroatoms. The standard InChI is InChI=1S/C19H24N2O4S/c1-12-4-7-16-13(2)18(25-17(16)8-12)19(22)21-10-14-5-6-15(21)11-20(9-14)26(3,23)24/h4,7-8,14-15H,5-6,9-11H2,1-3H3/t14-,15+/m0/s1. The van der Waals surface area contributed by atoms with Crippen LogP contribution in [0.2, 0.25) is 0 Å². The van der Waals surface area contributed by atoms with Gasteiger partial charge in [0.15, 0.2) is 5.76 Å². The number of nitrogens with zero attached hydrogens (tertiary/aromatic N) is 2. The third-order valence-corrected chi connectivity index (χ3v) is 6.93. The molecule has 0 radical (unpaired) electrons. The van der Waals surface area contributed by atoms with Crippen molar-refractivity contribution in [2.45, 2.75) is 32.7 Å². The van der Waals surface area contributed by atoms with Crippen LogP contribution in [0.15, 0.2) is 22.6 Å². The summed E-state index contributed by atoms with van der Waals surface area (Å²) in [5.74, 6) is 0.435. The van der Waals surface area contributed by atoms with Crippen LogP contribution in [-0.4, -0.2) is 55.5 Å². The average Bonchev–Trinajstić information content (AvgIpc) is 2.75. The van der Waals surface area contributed by atoms with E-state index in [1.807, 2.05) is 36.9 Å². The SMILES string of the molecule is Cc1ccc2c(C)c(C(=O)N3C[C@H]4CC[C@@H]3CN(S(C)(=O)=O)C4)oc2c1. The summed E-state index contributed by atoms with van der Waals surface area (Å²) in [6.45, 7) is 5.36. The molecule has 140 valence electrons. The van der Waals surface area contributed by atoms with Gasteiger partial charge in [-0.3, -0.25) is 4.79 Å². The van der Waals surface area contributed by atoms with Crippen LogP contribution in [0.1, 0.15) is 34.5 Å². The number of fused-ring (bicyclic) bond motifs is 5. The Kier molecular flexibility index (Phi) is 4.11. The second-order valence-electron chi connectivity index (χ2n) is 7.69. The minimum atomic E-state index is -3.25. The van der Waals surface area contributed by atoms with E-state index in [1.165, 1.54) is 10.6 Å². The van der Waals surface area contributed by atoms with Gasteiger partial charge in [-0.25, -0.2) is 8.42 Å². The van der Waals surface area contributed by atoms with Crippen LogP contribution in [0.25, 0.3) is 11.0 Å². The molecule has 1 amide bonds. The van der Waals surface area contributed by atoms with Gasteiger partial charge in [-0.05, 0) is 44.2 Å². The molecule has 2 aromatic rings. The van der Waals surface area contributed by atoms with Crippen LogP contribution >= 0.6 is 0 Å². The van der Waals surface area contributed by atoms with Crippen molar-refractivity contribution in [1.29, 1.82) is 0 Å². The summed E-state index contributed by atoms with van der Waals surface area (Å²) in [4.78, 5) is 15.1. The number of benzene rings is 1. The van der Waals surface area contributed by atoms with Crippen molar-refractivity contribution in [3.63, 3.8) is 0 Å². The van der Waals surface area contributed by atoms with Gasteiger partial charge in [0.05, 0.1) is 6.26 Å². The Morgan fingerprint density at radius 3 is 2.65 bits per heavy atom. The van der Waals surface area contributed by atoms with Crippen molar-refractivity contribution in [2.24, 2.45) is 5.92 Å². The molecule has 2 bridgehead atoms. The summed E-state index contributed by atoms with van der Waals surface area (Å²) in [6, 6.07) is 5.85. The quantitative estimate of drug-likeness (QED) is 0.808. The van der Waals surface area contributed by atoms with E-state index in [0.717, 1.165) is 34.9 Å². The number of aryl methyl sites for hydroxylation is 2. The van der Waals surface area contributed by atoms with Crippen LogP contribution in [0, 0.1) is 19.8 Å². The number of carbonyl (C=O) groups is 1. The number of hydrogen-bond acceptors (Lipinski definition) is 4. The molecule has 0 N–H and O–H groups in total. The van der Waals surface area contributed by atoms with Crippen LogP contribution in [0.3, 0.4) is 0 Å². The molecule has 0 spiro atoms. The number of furan rings is 1. The first-order valence-corrected chi connectivity index (χ1v) is 10.8. The van der Waals surface area contributed by atoms with Crippen molar-refractivity contribution in [3.05, 3.63) is 35.1 Å². The fraction of sp³-hybridized carbons (Fsp3) is 0.526. The van der Waals surface area contributed by atoms with Crippen molar-refractivity contribution in [2.75, 3.05) is 25.9 Å². The highest BCUT2D eigenvalue weighted by Gasteiger charge is 2.41. The van der Waals surface area contributed by atoms with Crippen molar-refractivity contribution in [1.82, 2.24) is 9.21 Å². The average molecular weight is 376 g/mol.